The zero-order valence-corrected chi connectivity index (χ0v) is 19.1. The summed E-state index contributed by atoms with van der Waals surface area (Å²) in [7, 11) is 0. The van der Waals surface area contributed by atoms with Crippen LogP contribution in [0.2, 0.25) is 0 Å². The molecule has 3 aromatic rings. The summed E-state index contributed by atoms with van der Waals surface area (Å²) in [5.41, 5.74) is 6.44. The van der Waals surface area contributed by atoms with Crippen LogP contribution in [0.3, 0.4) is 0 Å². The Balaban J connectivity index is 1.25. The van der Waals surface area contributed by atoms with Crippen molar-refractivity contribution in [3.8, 4) is 17.2 Å². The Kier molecular flexibility index (Phi) is 6.24. The molecule has 1 aromatic carbocycles. The molecule has 1 unspecified atom stereocenters. The van der Waals surface area contributed by atoms with Crippen molar-refractivity contribution >= 4 is 17.6 Å². The van der Waals surface area contributed by atoms with Crippen LogP contribution in [-0.2, 0) is 9.59 Å². The maximum absolute atomic E-state index is 13.1. The lowest BCUT2D eigenvalue weighted by atomic mass is 9.92. The third-order valence-corrected chi connectivity index (χ3v) is 6.86. The molecule has 2 N–H and O–H groups in total. The number of benzene rings is 1. The van der Waals surface area contributed by atoms with Crippen molar-refractivity contribution in [3.63, 3.8) is 0 Å². The van der Waals surface area contributed by atoms with Crippen LogP contribution in [0.4, 0.5) is 5.82 Å². The van der Waals surface area contributed by atoms with Crippen LogP contribution in [-0.4, -0.2) is 62.6 Å². The van der Waals surface area contributed by atoms with E-state index in [9.17, 15) is 9.59 Å². The SMILES string of the molecule is NC(=O)C1CCN(C(=O)C2CCCN(c3ccc(-n4ccnc4-c4ccccc4)nn3)C2)CC1. The zero-order valence-electron chi connectivity index (χ0n) is 19.1. The third-order valence-electron chi connectivity index (χ3n) is 6.86. The Labute approximate surface area is 198 Å². The average Bonchev–Trinajstić information content (AvgIpc) is 3.39. The van der Waals surface area contributed by atoms with Gasteiger partial charge in [-0.25, -0.2) is 4.98 Å². The molecular weight excluding hydrogens is 430 g/mol. The monoisotopic (exact) mass is 459 g/mol. The molecule has 2 amide bonds. The number of anilines is 1. The summed E-state index contributed by atoms with van der Waals surface area (Å²) in [4.78, 5) is 33.1. The second kappa shape index (κ2) is 9.62. The first kappa shape index (κ1) is 22.1. The van der Waals surface area contributed by atoms with Gasteiger partial charge in [-0.15, -0.1) is 10.2 Å². The fourth-order valence-electron chi connectivity index (χ4n) is 4.93. The van der Waals surface area contributed by atoms with Gasteiger partial charge in [-0.05, 0) is 37.8 Å². The molecule has 9 heteroatoms. The predicted molar refractivity (Wildman–Crippen MR) is 128 cm³/mol. The summed E-state index contributed by atoms with van der Waals surface area (Å²) in [6, 6.07) is 13.9. The first-order valence-corrected chi connectivity index (χ1v) is 11.9. The van der Waals surface area contributed by atoms with Crippen LogP contribution in [0.15, 0.2) is 54.9 Å². The highest BCUT2D eigenvalue weighted by atomic mass is 16.2. The van der Waals surface area contributed by atoms with Crippen LogP contribution in [0.25, 0.3) is 17.2 Å². The second-order valence-electron chi connectivity index (χ2n) is 9.02. The van der Waals surface area contributed by atoms with E-state index in [-0.39, 0.29) is 23.7 Å². The van der Waals surface area contributed by atoms with Gasteiger partial charge in [-0.2, -0.15) is 0 Å². The van der Waals surface area contributed by atoms with Crippen molar-refractivity contribution < 1.29 is 9.59 Å². The lowest BCUT2D eigenvalue weighted by Crippen LogP contribution is -2.48. The van der Waals surface area contributed by atoms with Gasteiger partial charge in [0.1, 0.15) is 5.82 Å². The smallest absolute Gasteiger partial charge is 0.227 e. The highest BCUT2D eigenvalue weighted by Crippen LogP contribution is 2.26. The van der Waals surface area contributed by atoms with E-state index in [1.54, 1.807) is 6.20 Å². The molecule has 2 fully saturated rings. The molecule has 176 valence electrons. The lowest BCUT2D eigenvalue weighted by molar-refractivity contribution is -0.138. The van der Waals surface area contributed by atoms with E-state index in [1.807, 2.05) is 58.1 Å². The quantitative estimate of drug-likeness (QED) is 0.627. The largest absolute Gasteiger partial charge is 0.369 e. The number of hydrogen-bond acceptors (Lipinski definition) is 6. The number of carbonyl (C=O) groups excluding carboxylic acids is 2. The topological polar surface area (TPSA) is 110 Å². The number of aromatic nitrogens is 4. The molecule has 2 aliphatic heterocycles. The normalized spacial score (nSPS) is 19.2. The van der Waals surface area contributed by atoms with E-state index in [0.29, 0.717) is 38.3 Å². The molecule has 5 rings (SSSR count). The Morgan fingerprint density at radius 3 is 2.32 bits per heavy atom. The van der Waals surface area contributed by atoms with Crippen LogP contribution < -0.4 is 10.6 Å². The molecule has 0 spiro atoms. The molecule has 1 atom stereocenters. The first-order chi connectivity index (χ1) is 16.6. The molecule has 0 aliphatic carbocycles. The van der Waals surface area contributed by atoms with Crippen molar-refractivity contribution in [2.24, 2.45) is 17.6 Å². The van der Waals surface area contributed by atoms with Crippen LogP contribution in [0.1, 0.15) is 25.7 Å². The minimum atomic E-state index is -0.260. The molecule has 4 heterocycles. The van der Waals surface area contributed by atoms with E-state index in [4.69, 9.17) is 5.73 Å². The van der Waals surface area contributed by atoms with E-state index in [0.717, 1.165) is 36.6 Å². The van der Waals surface area contributed by atoms with Gasteiger partial charge in [0.05, 0.1) is 5.92 Å². The van der Waals surface area contributed by atoms with Gasteiger partial charge in [-0.1, -0.05) is 30.3 Å². The number of rotatable bonds is 5. The molecule has 2 aromatic heterocycles. The van der Waals surface area contributed by atoms with Gasteiger partial charge >= 0.3 is 0 Å². The highest BCUT2D eigenvalue weighted by molar-refractivity contribution is 5.81. The van der Waals surface area contributed by atoms with Crippen molar-refractivity contribution in [2.45, 2.75) is 25.7 Å². The number of carbonyl (C=O) groups is 2. The number of piperidine rings is 2. The van der Waals surface area contributed by atoms with Crippen molar-refractivity contribution in [3.05, 3.63) is 54.9 Å². The van der Waals surface area contributed by atoms with E-state index >= 15 is 0 Å². The lowest BCUT2D eigenvalue weighted by Gasteiger charge is -2.37. The Bertz CT molecular complexity index is 1140. The molecule has 34 heavy (non-hydrogen) atoms. The standard InChI is InChI=1S/C25H29N7O2/c26-23(33)18-10-14-30(15-11-18)25(34)20-7-4-13-31(17-20)21-8-9-22(29-28-21)32-16-12-27-24(32)19-5-2-1-3-6-19/h1-3,5-6,8-9,12,16,18,20H,4,7,10-11,13-15,17H2,(H2,26,33). The number of likely N-dealkylation sites (tertiary alicyclic amines) is 1. The molecule has 0 saturated carbocycles. The molecular formula is C25H29N7O2. The maximum Gasteiger partial charge on any atom is 0.227 e. The molecule has 2 saturated heterocycles. The summed E-state index contributed by atoms with van der Waals surface area (Å²) in [5, 5.41) is 8.94. The van der Waals surface area contributed by atoms with Crippen LogP contribution in [0, 0.1) is 11.8 Å². The van der Waals surface area contributed by atoms with Gasteiger partial charge in [-0.3, -0.25) is 14.2 Å². The number of hydrogen-bond donors (Lipinski definition) is 1. The molecule has 9 nitrogen and oxygen atoms in total. The van der Waals surface area contributed by atoms with Crippen LogP contribution >= 0.6 is 0 Å². The maximum atomic E-state index is 13.1. The third kappa shape index (κ3) is 4.50. The Morgan fingerprint density at radius 1 is 0.882 bits per heavy atom. The number of primary amides is 1. The van der Waals surface area contributed by atoms with Gasteiger partial charge in [0.15, 0.2) is 11.6 Å². The first-order valence-electron chi connectivity index (χ1n) is 11.9. The zero-order chi connectivity index (χ0) is 23.5. The minimum absolute atomic E-state index is 0.0707. The number of nitrogens with zero attached hydrogens (tertiary/aromatic N) is 6. The summed E-state index contributed by atoms with van der Waals surface area (Å²) >= 11 is 0. The van der Waals surface area contributed by atoms with Gasteiger partial charge in [0, 0.05) is 50.1 Å². The van der Waals surface area contributed by atoms with Crippen molar-refractivity contribution in [1.29, 1.82) is 0 Å². The molecule has 2 aliphatic rings. The van der Waals surface area contributed by atoms with Crippen LogP contribution in [0.5, 0.6) is 0 Å². The Hall–Kier alpha value is -3.75. The number of imidazole rings is 1. The molecule has 0 bridgehead atoms. The minimum Gasteiger partial charge on any atom is -0.369 e. The summed E-state index contributed by atoms with van der Waals surface area (Å²) in [6.07, 6.45) is 6.74. The fourth-order valence-corrected chi connectivity index (χ4v) is 4.93. The van der Waals surface area contributed by atoms with E-state index in [1.165, 1.54) is 0 Å². The summed E-state index contributed by atoms with van der Waals surface area (Å²) in [5.74, 6) is 2.01. The van der Waals surface area contributed by atoms with E-state index in [2.05, 4.69) is 20.1 Å². The average molecular weight is 460 g/mol. The van der Waals surface area contributed by atoms with Gasteiger partial charge in [0.2, 0.25) is 11.8 Å². The van der Waals surface area contributed by atoms with Crippen molar-refractivity contribution in [2.75, 3.05) is 31.1 Å². The summed E-state index contributed by atoms with van der Waals surface area (Å²) in [6.45, 7) is 2.68. The predicted octanol–water partition coefficient (Wildman–Crippen LogP) is 2.27. The van der Waals surface area contributed by atoms with Crippen molar-refractivity contribution in [1.82, 2.24) is 24.6 Å². The van der Waals surface area contributed by atoms with E-state index < -0.39 is 0 Å². The van der Waals surface area contributed by atoms with Gasteiger partial charge < -0.3 is 15.5 Å². The Morgan fingerprint density at radius 2 is 1.62 bits per heavy atom. The summed E-state index contributed by atoms with van der Waals surface area (Å²) < 4.78 is 1.92. The molecule has 0 radical (unpaired) electrons. The highest BCUT2D eigenvalue weighted by Gasteiger charge is 2.33. The van der Waals surface area contributed by atoms with Gasteiger partial charge in [0.25, 0.3) is 0 Å². The second-order valence-corrected chi connectivity index (χ2v) is 9.02. The number of nitrogens with two attached hydrogens (primary N) is 1. The fraction of sp³-hybridized carbons (Fsp3) is 0.400. The number of amides is 2.